The molecule has 5 heteroatoms. The monoisotopic (exact) mass is 435 g/mol. The first kappa shape index (κ1) is 23.6. The summed E-state index contributed by atoms with van der Waals surface area (Å²) >= 11 is 0. The highest BCUT2D eigenvalue weighted by Crippen LogP contribution is 2.41. The zero-order valence-corrected chi connectivity index (χ0v) is 19.9. The fourth-order valence-corrected chi connectivity index (χ4v) is 4.09. The van der Waals surface area contributed by atoms with E-state index in [9.17, 15) is 14.7 Å². The lowest BCUT2D eigenvalue weighted by Crippen LogP contribution is -2.30. The van der Waals surface area contributed by atoms with Crippen molar-refractivity contribution >= 4 is 17.4 Å². The third-order valence-electron chi connectivity index (χ3n) is 6.06. The minimum Gasteiger partial charge on any atom is -0.507 e. The molecule has 1 amide bonds. The SMILES string of the molecule is CCCCN1C(=O)C(=O)/C(=C(/O)c2cc(C(C)(C)C)ccc2C)C1c1cccc(OC)c1. The Hall–Kier alpha value is -3.08. The first-order valence-electron chi connectivity index (χ1n) is 11.1. The Kier molecular flexibility index (Phi) is 6.77. The zero-order valence-electron chi connectivity index (χ0n) is 19.9. The fourth-order valence-electron chi connectivity index (χ4n) is 4.09. The molecule has 32 heavy (non-hydrogen) atoms. The standard InChI is InChI=1S/C27H33NO4/c1-7-8-14-28-23(18-10-9-11-20(15-18)32-6)22(25(30)26(28)31)24(29)21-16-19(27(3,4)5)13-12-17(21)2/h9-13,15-16,23,29H,7-8,14H2,1-6H3/b24-22+. The summed E-state index contributed by atoms with van der Waals surface area (Å²) in [7, 11) is 1.58. The number of nitrogens with zero attached hydrogens (tertiary/aromatic N) is 1. The van der Waals surface area contributed by atoms with Crippen LogP contribution in [0.2, 0.25) is 0 Å². The van der Waals surface area contributed by atoms with Crippen molar-refractivity contribution in [3.8, 4) is 5.75 Å². The summed E-state index contributed by atoms with van der Waals surface area (Å²) in [5.74, 6) is -0.710. The molecule has 1 aliphatic rings. The molecule has 1 unspecified atom stereocenters. The molecule has 1 fully saturated rings. The van der Waals surface area contributed by atoms with Crippen molar-refractivity contribution in [1.29, 1.82) is 0 Å². The Balaban J connectivity index is 2.24. The number of Topliss-reactive ketones (excluding diaryl/α,β-unsaturated/α-hetero) is 1. The highest BCUT2D eigenvalue weighted by molar-refractivity contribution is 6.46. The number of amides is 1. The average molecular weight is 436 g/mol. The van der Waals surface area contributed by atoms with E-state index in [-0.39, 0.29) is 16.7 Å². The Morgan fingerprint density at radius 1 is 1.12 bits per heavy atom. The van der Waals surface area contributed by atoms with Crippen molar-refractivity contribution in [2.24, 2.45) is 0 Å². The van der Waals surface area contributed by atoms with Crippen LogP contribution in [0.3, 0.4) is 0 Å². The van der Waals surface area contributed by atoms with Gasteiger partial charge in [-0.05, 0) is 53.6 Å². The van der Waals surface area contributed by atoms with Crippen LogP contribution in [0.4, 0.5) is 0 Å². The molecule has 2 aromatic carbocycles. The van der Waals surface area contributed by atoms with E-state index in [1.165, 1.54) is 0 Å². The largest absolute Gasteiger partial charge is 0.507 e. The number of aliphatic hydroxyl groups is 1. The number of carbonyl (C=O) groups is 2. The van der Waals surface area contributed by atoms with Crippen LogP contribution < -0.4 is 4.74 Å². The maximum Gasteiger partial charge on any atom is 0.295 e. The fraction of sp³-hybridized carbons (Fsp3) is 0.407. The van der Waals surface area contributed by atoms with Gasteiger partial charge in [-0.1, -0.05) is 58.4 Å². The lowest BCUT2D eigenvalue weighted by Gasteiger charge is -2.26. The van der Waals surface area contributed by atoms with E-state index in [1.807, 2.05) is 56.3 Å². The first-order valence-corrected chi connectivity index (χ1v) is 11.1. The number of ketones is 1. The molecule has 5 nitrogen and oxygen atoms in total. The number of likely N-dealkylation sites (tertiary alicyclic amines) is 1. The number of aliphatic hydroxyl groups excluding tert-OH is 1. The minimum atomic E-state index is -0.658. The van der Waals surface area contributed by atoms with Gasteiger partial charge in [-0.15, -0.1) is 0 Å². The van der Waals surface area contributed by atoms with Crippen LogP contribution in [0.25, 0.3) is 5.76 Å². The summed E-state index contributed by atoms with van der Waals surface area (Å²) in [4.78, 5) is 27.8. The van der Waals surface area contributed by atoms with Crippen molar-refractivity contribution in [1.82, 2.24) is 4.90 Å². The molecule has 0 radical (unpaired) electrons. The summed E-state index contributed by atoms with van der Waals surface area (Å²) in [6, 6.07) is 12.6. The van der Waals surface area contributed by atoms with Crippen molar-refractivity contribution in [2.75, 3.05) is 13.7 Å². The maximum absolute atomic E-state index is 13.2. The summed E-state index contributed by atoms with van der Waals surface area (Å²) in [6.07, 6.45) is 1.66. The normalized spacial score (nSPS) is 18.3. The van der Waals surface area contributed by atoms with Crippen molar-refractivity contribution in [3.05, 3.63) is 70.3 Å². The number of hydrogen-bond acceptors (Lipinski definition) is 4. The Bertz CT molecular complexity index is 1060. The number of hydrogen-bond donors (Lipinski definition) is 1. The maximum atomic E-state index is 13.2. The number of carbonyl (C=O) groups excluding carboxylic acids is 2. The molecule has 0 aliphatic carbocycles. The second kappa shape index (κ2) is 9.19. The predicted molar refractivity (Wildman–Crippen MR) is 127 cm³/mol. The average Bonchev–Trinajstić information content (AvgIpc) is 3.01. The third kappa shape index (κ3) is 4.43. The molecule has 0 aromatic heterocycles. The van der Waals surface area contributed by atoms with E-state index in [1.54, 1.807) is 12.0 Å². The third-order valence-corrected chi connectivity index (χ3v) is 6.06. The molecule has 1 atom stereocenters. The second-order valence-electron chi connectivity index (χ2n) is 9.40. The zero-order chi connectivity index (χ0) is 23.6. The second-order valence-corrected chi connectivity index (χ2v) is 9.40. The lowest BCUT2D eigenvalue weighted by atomic mass is 9.84. The van der Waals surface area contributed by atoms with Crippen LogP contribution in [0.5, 0.6) is 5.75 Å². The van der Waals surface area contributed by atoms with Gasteiger partial charge in [0, 0.05) is 12.1 Å². The van der Waals surface area contributed by atoms with Crippen LogP contribution in [0, 0.1) is 6.92 Å². The number of ether oxygens (including phenoxy) is 1. The Morgan fingerprint density at radius 3 is 2.47 bits per heavy atom. The van der Waals surface area contributed by atoms with Crippen molar-refractivity contribution in [2.45, 2.75) is 58.9 Å². The number of rotatable bonds is 6. The van der Waals surface area contributed by atoms with E-state index in [0.717, 1.165) is 29.5 Å². The van der Waals surface area contributed by atoms with Gasteiger partial charge >= 0.3 is 0 Å². The van der Waals surface area contributed by atoms with E-state index in [2.05, 4.69) is 20.8 Å². The molecule has 0 spiro atoms. The Morgan fingerprint density at radius 2 is 1.84 bits per heavy atom. The van der Waals surface area contributed by atoms with Crippen LogP contribution >= 0.6 is 0 Å². The van der Waals surface area contributed by atoms with Gasteiger partial charge in [0.2, 0.25) is 0 Å². The number of benzene rings is 2. The number of methoxy groups -OCH3 is 1. The predicted octanol–water partition coefficient (Wildman–Crippen LogP) is 5.52. The highest BCUT2D eigenvalue weighted by atomic mass is 16.5. The summed E-state index contributed by atoms with van der Waals surface area (Å²) < 4.78 is 5.37. The number of aryl methyl sites for hydroxylation is 1. The van der Waals surface area contributed by atoms with Crippen LogP contribution in [-0.4, -0.2) is 35.4 Å². The highest BCUT2D eigenvalue weighted by Gasteiger charge is 2.46. The summed E-state index contributed by atoms with van der Waals surface area (Å²) in [6.45, 7) is 10.7. The van der Waals surface area contributed by atoms with Crippen LogP contribution in [-0.2, 0) is 15.0 Å². The van der Waals surface area contributed by atoms with Gasteiger partial charge in [-0.3, -0.25) is 9.59 Å². The Labute approximate surface area is 190 Å². The van der Waals surface area contributed by atoms with Crippen LogP contribution in [0.15, 0.2) is 48.0 Å². The van der Waals surface area contributed by atoms with Gasteiger partial charge in [0.15, 0.2) is 0 Å². The van der Waals surface area contributed by atoms with E-state index < -0.39 is 17.7 Å². The van der Waals surface area contributed by atoms with Crippen LogP contribution in [0.1, 0.15) is 68.8 Å². The molecule has 1 saturated heterocycles. The van der Waals surface area contributed by atoms with Crippen molar-refractivity contribution < 1.29 is 19.4 Å². The molecule has 1 N–H and O–H groups in total. The minimum absolute atomic E-state index is 0.123. The molecule has 3 rings (SSSR count). The van der Waals surface area contributed by atoms with Gasteiger partial charge in [-0.2, -0.15) is 0 Å². The summed E-state index contributed by atoms with van der Waals surface area (Å²) in [5, 5.41) is 11.4. The molecule has 1 aliphatic heterocycles. The lowest BCUT2D eigenvalue weighted by molar-refractivity contribution is -0.139. The smallest absolute Gasteiger partial charge is 0.295 e. The summed E-state index contributed by atoms with van der Waals surface area (Å²) in [5.41, 5.74) is 3.23. The number of unbranched alkanes of at least 4 members (excludes halogenated alkanes) is 1. The molecule has 170 valence electrons. The molecule has 2 aromatic rings. The topological polar surface area (TPSA) is 66.8 Å². The van der Waals surface area contributed by atoms with E-state index in [0.29, 0.717) is 17.9 Å². The van der Waals surface area contributed by atoms with Gasteiger partial charge in [0.05, 0.1) is 18.7 Å². The van der Waals surface area contributed by atoms with Gasteiger partial charge < -0.3 is 14.7 Å². The quantitative estimate of drug-likeness (QED) is 0.368. The molecule has 0 bridgehead atoms. The van der Waals surface area contributed by atoms with E-state index >= 15 is 0 Å². The molecular formula is C27H33NO4. The molecule has 0 saturated carbocycles. The van der Waals surface area contributed by atoms with Gasteiger partial charge in [-0.25, -0.2) is 0 Å². The molecule has 1 heterocycles. The molecular weight excluding hydrogens is 402 g/mol. The first-order chi connectivity index (χ1) is 15.1. The van der Waals surface area contributed by atoms with Gasteiger partial charge in [0.1, 0.15) is 11.5 Å². The van der Waals surface area contributed by atoms with Gasteiger partial charge in [0.25, 0.3) is 11.7 Å². The van der Waals surface area contributed by atoms with E-state index in [4.69, 9.17) is 4.74 Å². The van der Waals surface area contributed by atoms with Crippen molar-refractivity contribution in [3.63, 3.8) is 0 Å².